The van der Waals surface area contributed by atoms with Gasteiger partial charge in [-0.15, -0.1) is 0 Å². The number of ketones is 1. The van der Waals surface area contributed by atoms with Crippen LogP contribution in [0.15, 0.2) is 47.6 Å². The fourth-order valence-electron chi connectivity index (χ4n) is 6.76. The molecule has 57 heavy (non-hydrogen) atoms. The maximum absolute atomic E-state index is 13.1. The summed E-state index contributed by atoms with van der Waals surface area (Å²) in [5.41, 5.74) is 1.75. The highest BCUT2D eigenvalue weighted by molar-refractivity contribution is 6.74. The molecule has 0 amide bonds. The van der Waals surface area contributed by atoms with Crippen LogP contribution < -0.4 is 0 Å². The summed E-state index contributed by atoms with van der Waals surface area (Å²) in [5, 5.41) is 0. The molecule has 9 nitrogen and oxygen atoms in total. The first kappa shape index (κ1) is 54.9. The summed E-state index contributed by atoms with van der Waals surface area (Å²) in [5.74, 6) is -1.02. The first-order chi connectivity index (χ1) is 26.5. The van der Waals surface area contributed by atoms with Gasteiger partial charge in [-0.05, 0) is 116 Å². The molecule has 0 spiro atoms. The Hall–Kier alpha value is -2.10. The van der Waals surface area contributed by atoms with Crippen molar-refractivity contribution in [1.82, 2.24) is 0 Å². The van der Waals surface area contributed by atoms with Gasteiger partial charge in [0.25, 0.3) is 0 Å². The minimum Gasteiger partial charge on any atom is -0.460 e. The van der Waals surface area contributed by atoms with Crippen molar-refractivity contribution in [3.05, 3.63) is 47.6 Å². The molecular formula is C45H84O9Si3. The Bertz CT molecular complexity index is 1300. The molecule has 0 rings (SSSR count). The SMILES string of the molecule is CC[Si](CC)(CC)O[C@@H](/C=C/C(C)=C/C/C=C(\C)CC[C@@H](O[Si](C)(C)C)[C@H](C)C(=O)CC(=O)OC(C)(C)C)[C@@H](C)[C@@H](/C=C/COC(=O)OC)O[Si](CC)(CC)CC. The van der Waals surface area contributed by atoms with E-state index in [9.17, 15) is 14.4 Å². The fraction of sp³-hybridized carbons (Fsp3) is 0.756. The molecule has 0 radical (unpaired) electrons. The van der Waals surface area contributed by atoms with E-state index < -0.39 is 48.6 Å². The average Bonchev–Trinajstić information content (AvgIpc) is 3.14. The second kappa shape index (κ2) is 26.9. The molecule has 0 N–H and O–H groups in total. The summed E-state index contributed by atoms with van der Waals surface area (Å²) in [6.45, 7) is 33.8. The lowest BCUT2D eigenvalue weighted by atomic mass is 9.93. The zero-order valence-corrected chi connectivity index (χ0v) is 42.3. The average molecular weight is 853 g/mol. The van der Waals surface area contributed by atoms with E-state index in [1.807, 2.05) is 13.0 Å². The molecule has 5 atom stereocenters. The second-order valence-electron chi connectivity index (χ2n) is 17.6. The van der Waals surface area contributed by atoms with Gasteiger partial charge in [0, 0.05) is 11.8 Å². The first-order valence-corrected chi connectivity index (χ1v) is 30.1. The Kier molecular flexibility index (Phi) is 25.9. The highest BCUT2D eigenvalue weighted by atomic mass is 28.4. The van der Waals surface area contributed by atoms with Gasteiger partial charge in [-0.25, -0.2) is 4.79 Å². The van der Waals surface area contributed by atoms with E-state index >= 15 is 0 Å². The smallest absolute Gasteiger partial charge is 0.460 e. The van der Waals surface area contributed by atoms with Gasteiger partial charge in [0.15, 0.2) is 25.0 Å². The molecule has 0 aromatic rings. The number of allylic oxidation sites excluding steroid dienone is 5. The minimum atomic E-state index is -2.00. The number of rotatable bonds is 28. The van der Waals surface area contributed by atoms with Crippen LogP contribution in [0.4, 0.5) is 4.79 Å². The van der Waals surface area contributed by atoms with Crippen molar-refractivity contribution in [2.75, 3.05) is 13.7 Å². The Labute approximate surface area is 352 Å². The zero-order valence-electron chi connectivity index (χ0n) is 39.3. The lowest BCUT2D eigenvalue weighted by Crippen LogP contribution is -2.47. The van der Waals surface area contributed by atoms with E-state index in [-0.39, 0.29) is 43.0 Å². The van der Waals surface area contributed by atoms with Gasteiger partial charge >= 0.3 is 12.1 Å². The van der Waals surface area contributed by atoms with Crippen LogP contribution in [-0.4, -0.2) is 80.5 Å². The number of carbonyl (C=O) groups is 3. The number of hydrogen-bond donors (Lipinski definition) is 0. The molecule has 0 aromatic heterocycles. The third-order valence-electron chi connectivity index (χ3n) is 11.1. The van der Waals surface area contributed by atoms with Crippen LogP contribution in [-0.2, 0) is 37.1 Å². The van der Waals surface area contributed by atoms with Crippen molar-refractivity contribution in [3.63, 3.8) is 0 Å². The summed E-state index contributed by atoms with van der Waals surface area (Å²) in [4.78, 5) is 37.2. The quantitative estimate of drug-likeness (QED) is 0.0250. The molecule has 0 fully saturated rings. The fourth-order valence-corrected chi connectivity index (χ4v) is 13.7. The summed E-state index contributed by atoms with van der Waals surface area (Å²) >= 11 is 0. The molecule has 12 heteroatoms. The van der Waals surface area contributed by atoms with Crippen LogP contribution in [0.2, 0.25) is 55.9 Å². The number of carbonyl (C=O) groups excluding carboxylic acids is 3. The van der Waals surface area contributed by atoms with Gasteiger partial charge < -0.3 is 27.5 Å². The van der Waals surface area contributed by atoms with Crippen LogP contribution in [0.5, 0.6) is 0 Å². The van der Waals surface area contributed by atoms with Gasteiger partial charge in [0.2, 0.25) is 0 Å². The maximum Gasteiger partial charge on any atom is 0.508 e. The molecule has 0 saturated heterocycles. The molecule has 330 valence electrons. The third kappa shape index (κ3) is 22.2. The van der Waals surface area contributed by atoms with Crippen molar-refractivity contribution >= 4 is 42.9 Å². The van der Waals surface area contributed by atoms with E-state index in [0.717, 1.165) is 54.7 Å². The lowest BCUT2D eigenvalue weighted by molar-refractivity contribution is -0.157. The number of Topliss-reactive ketones (excluding diaryl/α,β-unsaturated/α-hetero) is 1. The van der Waals surface area contributed by atoms with Crippen LogP contribution in [0.3, 0.4) is 0 Å². The second-order valence-corrected chi connectivity index (χ2v) is 31.5. The van der Waals surface area contributed by atoms with Crippen molar-refractivity contribution < 1.29 is 41.9 Å². The van der Waals surface area contributed by atoms with Crippen LogP contribution in [0.25, 0.3) is 0 Å². The molecule has 0 saturated carbocycles. The third-order valence-corrected chi connectivity index (χ3v) is 21.3. The minimum absolute atomic E-state index is 0.0170. The van der Waals surface area contributed by atoms with Gasteiger partial charge in [0.1, 0.15) is 24.4 Å². The van der Waals surface area contributed by atoms with Crippen molar-refractivity contribution in [2.45, 2.75) is 196 Å². The Morgan fingerprint density at radius 2 is 1.25 bits per heavy atom. The lowest BCUT2D eigenvalue weighted by Gasteiger charge is -2.40. The van der Waals surface area contributed by atoms with Crippen molar-refractivity contribution in [2.24, 2.45) is 11.8 Å². The number of esters is 1. The highest BCUT2D eigenvalue weighted by Gasteiger charge is 2.38. The Morgan fingerprint density at radius 3 is 1.70 bits per heavy atom. The molecular weight excluding hydrogens is 769 g/mol. The monoisotopic (exact) mass is 853 g/mol. The zero-order chi connectivity index (χ0) is 44.0. The van der Waals surface area contributed by atoms with Gasteiger partial charge in [-0.2, -0.15) is 0 Å². The largest absolute Gasteiger partial charge is 0.508 e. The summed E-state index contributed by atoms with van der Waals surface area (Å²) < 4.78 is 36.1. The van der Waals surface area contributed by atoms with E-state index in [1.54, 1.807) is 20.8 Å². The maximum atomic E-state index is 13.1. The van der Waals surface area contributed by atoms with E-state index in [2.05, 4.69) is 117 Å². The molecule has 0 aliphatic heterocycles. The molecule has 0 heterocycles. The van der Waals surface area contributed by atoms with Gasteiger partial charge in [0.05, 0.1) is 25.4 Å². The number of hydrogen-bond acceptors (Lipinski definition) is 9. The van der Waals surface area contributed by atoms with Crippen LogP contribution in [0, 0.1) is 11.8 Å². The van der Waals surface area contributed by atoms with Crippen molar-refractivity contribution in [1.29, 1.82) is 0 Å². The van der Waals surface area contributed by atoms with Crippen LogP contribution in [0.1, 0.15) is 116 Å². The molecule has 0 unspecified atom stereocenters. The summed E-state index contributed by atoms with van der Waals surface area (Å²) in [6, 6.07) is 6.22. The number of methoxy groups -OCH3 is 1. The molecule has 0 aliphatic carbocycles. The predicted octanol–water partition coefficient (Wildman–Crippen LogP) is 12.5. The van der Waals surface area contributed by atoms with Gasteiger partial charge in [-0.1, -0.05) is 96.9 Å². The standard InChI is InChI=1S/C45H84O9Si3/c1-18-56(19-2,20-3)53-40(28-25-33-50-44(48)49-14)38(10)42(54-57(21-4,22-5)23-6)32-30-36(8)27-24-26-35(7)29-31-41(52-55(15,16)17)37(9)39(46)34-43(47)51-45(11,12)13/h25-28,30,32,37-38,40-42H,18-24,29,31,33-34H2,1-17H3/b28-25+,32-30+,35-26+,36-27+/t37-,38+,40-,41-,42+/m1/s1. The predicted molar refractivity (Wildman–Crippen MR) is 244 cm³/mol. The normalized spacial score (nSPS) is 16.4. The van der Waals surface area contributed by atoms with E-state index in [4.69, 9.17) is 22.8 Å². The van der Waals surface area contributed by atoms with Crippen LogP contribution >= 0.6 is 0 Å². The number of ether oxygens (including phenoxy) is 3. The van der Waals surface area contributed by atoms with E-state index in [0.29, 0.717) is 6.42 Å². The molecule has 0 aromatic carbocycles. The Balaban J connectivity index is 6.27. The van der Waals surface area contributed by atoms with Crippen molar-refractivity contribution in [3.8, 4) is 0 Å². The first-order valence-electron chi connectivity index (χ1n) is 21.6. The summed E-state index contributed by atoms with van der Waals surface area (Å²) in [6.07, 6.45) is 13.5. The molecule has 0 aliphatic rings. The Morgan fingerprint density at radius 1 is 0.737 bits per heavy atom. The van der Waals surface area contributed by atoms with Gasteiger partial charge in [-0.3, -0.25) is 9.59 Å². The molecule has 0 bridgehead atoms. The topological polar surface area (TPSA) is 107 Å². The summed E-state index contributed by atoms with van der Waals surface area (Å²) in [7, 11) is -4.64. The highest BCUT2D eigenvalue weighted by Crippen LogP contribution is 2.32. The van der Waals surface area contributed by atoms with E-state index in [1.165, 1.54) is 12.7 Å².